The molecule has 0 unspecified atom stereocenters. The van der Waals surface area contributed by atoms with Crippen LogP contribution in [0.2, 0.25) is 0 Å². The summed E-state index contributed by atoms with van der Waals surface area (Å²) in [4.78, 5) is 17.0. The molecule has 5 heteroatoms. The average Bonchev–Trinajstić information content (AvgIpc) is 2.46. The highest BCUT2D eigenvalue weighted by Crippen LogP contribution is 2.12. The normalized spacial score (nSPS) is 14.3. The summed E-state index contributed by atoms with van der Waals surface area (Å²) in [6, 6.07) is 10.3. The van der Waals surface area contributed by atoms with Crippen LogP contribution in [-0.2, 0) is 11.3 Å². The summed E-state index contributed by atoms with van der Waals surface area (Å²) in [5.41, 5.74) is 1.21. The second kappa shape index (κ2) is 9.82. The summed E-state index contributed by atoms with van der Waals surface area (Å²) in [6.07, 6.45) is 0. The van der Waals surface area contributed by atoms with Crippen molar-refractivity contribution in [2.24, 2.45) is 5.92 Å². The molecule has 124 valence electrons. The first-order valence-electron chi connectivity index (χ1n) is 8.00. The van der Waals surface area contributed by atoms with Gasteiger partial charge < -0.3 is 15.1 Å². The van der Waals surface area contributed by atoms with Crippen LogP contribution in [0.15, 0.2) is 30.3 Å². The highest BCUT2D eigenvalue weighted by molar-refractivity contribution is 5.85. The maximum atomic E-state index is 12.6. The molecule has 4 nitrogen and oxygen atoms in total. The Morgan fingerprint density at radius 1 is 1.14 bits per heavy atom. The third-order valence-electron chi connectivity index (χ3n) is 4.24. The molecule has 0 saturated carbocycles. The van der Waals surface area contributed by atoms with Crippen LogP contribution >= 0.6 is 12.4 Å². The van der Waals surface area contributed by atoms with Gasteiger partial charge in [-0.2, -0.15) is 0 Å². The van der Waals surface area contributed by atoms with Gasteiger partial charge in [-0.3, -0.25) is 4.79 Å². The number of halogens is 1. The summed E-state index contributed by atoms with van der Waals surface area (Å²) < 4.78 is 0. The van der Waals surface area contributed by atoms with Gasteiger partial charge in [-0.25, -0.2) is 0 Å². The van der Waals surface area contributed by atoms with Gasteiger partial charge in [0.05, 0.1) is 5.92 Å². The Bertz CT molecular complexity index is 433. The van der Waals surface area contributed by atoms with E-state index in [-0.39, 0.29) is 18.3 Å². The fourth-order valence-electron chi connectivity index (χ4n) is 2.59. The van der Waals surface area contributed by atoms with E-state index < -0.39 is 0 Å². The van der Waals surface area contributed by atoms with Crippen LogP contribution in [-0.4, -0.2) is 55.0 Å². The lowest BCUT2D eigenvalue weighted by Crippen LogP contribution is -2.52. The number of carbonyl (C=O) groups is 1. The van der Waals surface area contributed by atoms with Gasteiger partial charge in [0.1, 0.15) is 0 Å². The number of nitrogens with one attached hydrogen (secondary N) is 1. The number of hydrogen-bond acceptors (Lipinski definition) is 3. The van der Waals surface area contributed by atoms with Gasteiger partial charge in [0.15, 0.2) is 0 Å². The third kappa shape index (κ3) is 5.27. The fourth-order valence-corrected chi connectivity index (χ4v) is 2.59. The number of likely N-dealkylation sites (N-methyl/N-ethyl adjacent to an activating group) is 1. The van der Waals surface area contributed by atoms with Gasteiger partial charge in [0.25, 0.3) is 0 Å². The maximum absolute atomic E-state index is 12.6. The molecule has 1 saturated heterocycles. The molecule has 0 aliphatic carbocycles. The van der Waals surface area contributed by atoms with Gasteiger partial charge in [0.2, 0.25) is 5.91 Å². The molecule has 0 atom stereocenters. The lowest BCUT2D eigenvalue weighted by Gasteiger charge is -2.33. The molecule has 0 bridgehead atoms. The zero-order valence-corrected chi connectivity index (χ0v) is 14.4. The Balaban J connectivity index is 0.00000242. The molecule has 22 heavy (non-hydrogen) atoms. The van der Waals surface area contributed by atoms with E-state index in [9.17, 15) is 4.79 Å². The summed E-state index contributed by atoms with van der Waals surface area (Å²) >= 11 is 0. The van der Waals surface area contributed by atoms with Crippen molar-refractivity contribution in [3.05, 3.63) is 35.9 Å². The summed E-state index contributed by atoms with van der Waals surface area (Å²) in [5, 5.41) is 3.19. The lowest BCUT2D eigenvalue weighted by molar-refractivity contribution is -0.138. The Morgan fingerprint density at radius 3 is 2.27 bits per heavy atom. The second-order valence-corrected chi connectivity index (χ2v) is 5.63. The van der Waals surface area contributed by atoms with Crippen LogP contribution in [0.4, 0.5) is 0 Å². The number of rotatable bonds is 8. The Kier molecular flexibility index (Phi) is 8.46. The van der Waals surface area contributed by atoms with E-state index in [4.69, 9.17) is 0 Å². The van der Waals surface area contributed by atoms with Crippen molar-refractivity contribution in [3.63, 3.8) is 0 Å². The van der Waals surface area contributed by atoms with E-state index in [1.807, 2.05) is 23.1 Å². The lowest BCUT2D eigenvalue weighted by atomic mass is 10.0. The summed E-state index contributed by atoms with van der Waals surface area (Å²) in [6.45, 7) is 10.6. The first kappa shape index (κ1) is 18.9. The molecule has 1 aliphatic rings. The predicted octanol–water partition coefficient (Wildman–Crippen LogP) is 2.00. The minimum absolute atomic E-state index is 0. The molecule has 0 aromatic heterocycles. The van der Waals surface area contributed by atoms with Gasteiger partial charge in [-0.05, 0) is 18.7 Å². The molecule has 1 aromatic carbocycles. The molecule has 1 amide bonds. The van der Waals surface area contributed by atoms with E-state index in [1.54, 1.807) is 0 Å². The van der Waals surface area contributed by atoms with E-state index in [0.717, 1.165) is 45.8 Å². The van der Waals surface area contributed by atoms with Crippen molar-refractivity contribution in [2.45, 2.75) is 20.4 Å². The number of nitrogens with zero attached hydrogens (tertiary/aromatic N) is 2. The average molecular weight is 326 g/mol. The molecule has 1 N–H and O–H groups in total. The van der Waals surface area contributed by atoms with Gasteiger partial charge >= 0.3 is 0 Å². The Morgan fingerprint density at radius 2 is 1.77 bits per heavy atom. The molecule has 1 aromatic rings. The number of carbonyl (C=O) groups excluding carboxylic acids is 1. The largest absolute Gasteiger partial charge is 0.337 e. The van der Waals surface area contributed by atoms with Crippen LogP contribution in [0.25, 0.3) is 0 Å². The van der Waals surface area contributed by atoms with Crippen LogP contribution in [0, 0.1) is 5.92 Å². The zero-order valence-electron chi connectivity index (χ0n) is 13.6. The van der Waals surface area contributed by atoms with Crippen molar-refractivity contribution in [2.75, 3.05) is 39.3 Å². The van der Waals surface area contributed by atoms with Gasteiger partial charge in [0, 0.05) is 32.7 Å². The van der Waals surface area contributed by atoms with Crippen molar-refractivity contribution in [1.29, 1.82) is 0 Å². The minimum atomic E-state index is 0. The highest BCUT2D eigenvalue weighted by Gasteiger charge is 2.29. The van der Waals surface area contributed by atoms with Crippen LogP contribution in [0.1, 0.15) is 19.4 Å². The smallest absolute Gasteiger partial charge is 0.228 e. The van der Waals surface area contributed by atoms with E-state index in [1.165, 1.54) is 5.56 Å². The van der Waals surface area contributed by atoms with Crippen LogP contribution < -0.4 is 5.32 Å². The maximum Gasteiger partial charge on any atom is 0.228 e. The van der Waals surface area contributed by atoms with Gasteiger partial charge in [-0.15, -0.1) is 12.4 Å². The molecule has 1 heterocycles. The SMILES string of the molecule is CCN(CC)CCN(Cc1ccccc1)C(=O)C1CNC1.Cl. The minimum Gasteiger partial charge on any atom is -0.337 e. The Labute approximate surface area is 140 Å². The second-order valence-electron chi connectivity index (χ2n) is 5.63. The summed E-state index contributed by atoms with van der Waals surface area (Å²) in [7, 11) is 0. The topological polar surface area (TPSA) is 35.6 Å². The highest BCUT2D eigenvalue weighted by atomic mass is 35.5. The molecule has 0 spiro atoms. The van der Waals surface area contributed by atoms with Crippen LogP contribution in [0.5, 0.6) is 0 Å². The quantitative estimate of drug-likeness (QED) is 0.794. The van der Waals surface area contributed by atoms with Gasteiger partial charge in [-0.1, -0.05) is 44.2 Å². The van der Waals surface area contributed by atoms with Crippen molar-refractivity contribution < 1.29 is 4.79 Å². The molecule has 1 aliphatic heterocycles. The number of hydrogen-bond donors (Lipinski definition) is 1. The van der Waals surface area contributed by atoms with E-state index in [2.05, 4.69) is 36.2 Å². The van der Waals surface area contributed by atoms with Crippen molar-refractivity contribution >= 4 is 18.3 Å². The zero-order chi connectivity index (χ0) is 15.1. The first-order chi connectivity index (χ1) is 10.2. The number of benzene rings is 1. The summed E-state index contributed by atoms with van der Waals surface area (Å²) in [5.74, 6) is 0.468. The predicted molar refractivity (Wildman–Crippen MR) is 93.3 cm³/mol. The molecule has 2 rings (SSSR count). The van der Waals surface area contributed by atoms with Crippen molar-refractivity contribution in [1.82, 2.24) is 15.1 Å². The first-order valence-corrected chi connectivity index (χ1v) is 8.00. The monoisotopic (exact) mass is 325 g/mol. The molecular weight excluding hydrogens is 298 g/mol. The Hall–Kier alpha value is -1.10. The molecule has 0 radical (unpaired) electrons. The fraction of sp³-hybridized carbons (Fsp3) is 0.588. The van der Waals surface area contributed by atoms with E-state index >= 15 is 0 Å². The van der Waals surface area contributed by atoms with Crippen LogP contribution in [0.3, 0.4) is 0 Å². The molecular formula is C17H28ClN3O. The van der Waals surface area contributed by atoms with Crippen molar-refractivity contribution in [3.8, 4) is 0 Å². The number of amides is 1. The van der Waals surface area contributed by atoms with E-state index in [0.29, 0.717) is 5.91 Å². The standard InChI is InChI=1S/C17H27N3O.ClH/c1-3-19(4-2)10-11-20(17(21)16-12-18-13-16)14-15-8-6-5-7-9-15;/h5-9,16,18H,3-4,10-14H2,1-2H3;1H. The third-order valence-corrected chi connectivity index (χ3v) is 4.24. The molecule has 1 fully saturated rings.